The molecule has 1 fully saturated rings. The maximum Gasteiger partial charge on any atom is 0.289 e. The molecule has 2 aromatic carbocycles. The van der Waals surface area contributed by atoms with Crippen LogP contribution >= 0.6 is 0 Å². The molecule has 2 amide bonds. The molecule has 3 aromatic rings. The summed E-state index contributed by atoms with van der Waals surface area (Å²) >= 11 is 0. The standard InChI is InChI=1S/C30H33FN2O4/c1-20(2)17-28(34)33-16-13-21-7-10-24(18-26(21)29(33)22-5-8-23(31)9-6-22)36-19-25-11-12-27(37-25)30(35)32-14-3-4-15-32/h5-12,18,20,29H,3-4,13-17,19H2,1-2H3/t29-/m1/s1. The number of benzene rings is 2. The summed E-state index contributed by atoms with van der Waals surface area (Å²) in [7, 11) is 0. The first-order valence-corrected chi connectivity index (χ1v) is 13.1. The molecule has 0 N–H and O–H groups in total. The Labute approximate surface area is 217 Å². The molecule has 2 aliphatic rings. The third kappa shape index (κ3) is 5.55. The molecule has 0 saturated carbocycles. The second-order valence-corrected chi connectivity index (χ2v) is 10.3. The number of carbonyl (C=O) groups is 2. The molecule has 5 rings (SSSR count). The lowest BCUT2D eigenvalue weighted by atomic mass is 9.87. The Morgan fingerprint density at radius 2 is 1.78 bits per heavy atom. The average molecular weight is 505 g/mol. The number of hydrogen-bond donors (Lipinski definition) is 0. The molecule has 2 aliphatic heterocycles. The number of amides is 2. The number of nitrogens with zero attached hydrogens (tertiary/aromatic N) is 2. The number of hydrogen-bond acceptors (Lipinski definition) is 4. The molecule has 3 heterocycles. The Balaban J connectivity index is 1.37. The summed E-state index contributed by atoms with van der Waals surface area (Å²) in [6.07, 6.45) is 3.26. The number of halogens is 1. The van der Waals surface area contributed by atoms with E-state index in [2.05, 4.69) is 0 Å². The number of furan rings is 1. The number of carbonyl (C=O) groups excluding carboxylic acids is 2. The highest BCUT2D eigenvalue weighted by molar-refractivity contribution is 5.91. The van der Waals surface area contributed by atoms with E-state index in [1.165, 1.54) is 12.1 Å². The predicted octanol–water partition coefficient (Wildman–Crippen LogP) is 5.75. The smallest absolute Gasteiger partial charge is 0.289 e. The largest absolute Gasteiger partial charge is 0.486 e. The number of fused-ring (bicyclic) bond motifs is 1. The number of likely N-dealkylation sites (tertiary alicyclic amines) is 1. The molecule has 37 heavy (non-hydrogen) atoms. The van der Waals surface area contributed by atoms with E-state index in [0.717, 1.165) is 49.0 Å². The van der Waals surface area contributed by atoms with E-state index in [0.29, 0.717) is 30.2 Å². The van der Waals surface area contributed by atoms with E-state index in [1.807, 2.05) is 41.8 Å². The van der Waals surface area contributed by atoms with Gasteiger partial charge in [-0.1, -0.05) is 32.0 Å². The highest BCUT2D eigenvalue weighted by atomic mass is 19.1. The first kappa shape index (κ1) is 25.1. The van der Waals surface area contributed by atoms with Gasteiger partial charge in [0.15, 0.2) is 5.76 Å². The highest BCUT2D eigenvalue weighted by Gasteiger charge is 2.32. The van der Waals surface area contributed by atoms with Crippen LogP contribution < -0.4 is 4.74 Å². The molecule has 0 aliphatic carbocycles. The summed E-state index contributed by atoms with van der Waals surface area (Å²) in [5.74, 6) is 1.50. The normalized spacial score (nSPS) is 17.2. The zero-order valence-electron chi connectivity index (χ0n) is 21.4. The van der Waals surface area contributed by atoms with Gasteiger partial charge in [-0.15, -0.1) is 0 Å². The van der Waals surface area contributed by atoms with Gasteiger partial charge in [0, 0.05) is 26.1 Å². The Morgan fingerprint density at radius 3 is 2.51 bits per heavy atom. The van der Waals surface area contributed by atoms with Crippen LogP contribution in [0.2, 0.25) is 0 Å². The van der Waals surface area contributed by atoms with Crippen LogP contribution in [0.5, 0.6) is 5.75 Å². The van der Waals surface area contributed by atoms with Crippen molar-refractivity contribution in [3.63, 3.8) is 0 Å². The number of rotatable bonds is 7. The van der Waals surface area contributed by atoms with Gasteiger partial charge in [-0.3, -0.25) is 9.59 Å². The third-order valence-corrected chi connectivity index (χ3v) is 7.08. The van der Waals surface area contributed by atoms with Gasteiger partial charge in [0.2, 0.25) is 5.91 Å². The Kier molecular flexibility index (Phi) is 7.31. The van der Waals surface area contributed by atoms with Crippen molar-refractivity contribution in [3.8, 4) is 5.75 Å². The minimum Gasteiger partial charge on any atom is -0.486 e. The maximum atomic E-state index is 13.7. The highest BCUT2D eigenvalue weighted by Crippen LogP contribution is 2.38. The van der Waals surface area contributed by atoms with Crippen LogP contribution in [0.25, 0.3) is 0 Å². The molecule has 6 nitrogen and oxygen atoms in total. The maximum absolute atomic E-state index is 13.7. The topological polar surface area (TPSA) is 63.0 Å². The van der Waals surface area contributed by atoms with Gasteiger partial charge >= 0.3 is 0 Å². The van der Waals surface area contributed by atoms with Crippen molar-refractivity contribution < 1.29 is 23.1 Å². The summed E-state index contributed by atoms with van der Waals surface area (Å²) < 4.78 is 25.5. The van der Waals surface area contributed by atoms with Crippen LogP contribution in [0.3, 0.4) is 0 Å². The molecule has 0 radical (unpaired) electrons. The van der Waals surface area contributed by atoms with Gasteiger partial charge in [0.05, 0.1) is 6.04 Å². The molecule has 7 heteroatoms. The van der Waals surface area contributed by atoms with Crippen LogP contribution in [0.1, 0.15) is 72.2 Å². The molecular weight excluding hydrogens is 471 g/mol. The van der Waals surface area contributed by atoms with Crippen LogP contribution in [-0.4, -0.2) is 41.2 Å². The monoisotopic (exact) mass is 504 g/mol. The fourth-order valence-corrected chi connectivity index (χ4v) is 5.22. The van der Waals surface area contributed by atoms with E-state index < -0.39 is 0 Å². The Bertz CT molecular complexity index is 1260. The van der Waals surface area contributed by atoms with Gasteiger partial charge in [-0.2, -0.15) is 0 Å². The fourth-order valence-electron chi connectivity index (χ4n) is 5.22. The first-order chi connectivity index (χ1) is 17.9. The van der Waals surface area contributed by atoms with Crippen molar-refractivity contribution in [1.82, 2.24) is 9.80 Å². The Morgan fingerprint density at radius 1 is 1.03 bits per heavy atom. The van der Waals surface area contributed by atoms with Crippen molar-refractivity contribution in [2.75, 3.05) is 19.6 Å². The van der Waals surface area contributed by atoms with E-state index in [4.69, 9.17) is 9.15 Å². The fraction of sp³-hybridized carbons (Fsp3) is 0.400. The summed E-state index contributed by atoms with van der Waals surface area (Å²) in [6.45, 7) is 6.41. The molecule has 194 valence electrons. The van der Waals surface area contributed by atoms with Gasteiger partial charge in [-0.25, -0.2) is 4.39 Å². The second kappa shape index (κ2) is 10.8. The molecule has 0 bridgehead atoms. The van der Waals surface area contributed by atoms with Gasteiger partial charge < -0.3 is 19.0 Å². The minimum absolute atomic E-state index is 0.0779. The quantitative estimate of drug-likeness (QED) is 0.411. The van der Waals surface area contributed by atoms with Gasteiger partial charge in [-0.05, 0) is 78.3 Å². The number of ether oxygens (including phenoxy) is 1. The predicted molar refractivity (Wildman–Crippen MR) is 138 cm³/mol. The van der Waals surface area contributed by atoms with Crippen molar-refractivity contribution in [2.24, 2.45) is 5.92 Å². The zero-order chi connectivity index (χ0) is 25.9. The molecule has 0 spiro atoms. The van der Waals surface area contributed by atoms with E-state index in [-0.39, 0.29) is 36.2 Å². The molecule has 1 aromatic heterocycles. The van der Waals surface area contributed by atoms with Crippen LogP contribution in [-0.2, 0) is 17.8 Å². The summed E-state index contributed by atoms with van der Waals surface area (Å²) in [5, 5.41) is 0. The van der Waals surface area contributed by atoms with E-state index in [9.17, 15) is 14.0 Å². The van der Waals surface area contributed by atoms with Crippen LogP contribution in [0, 0.1) is 11.7 Å². The lowest BCUT2D eigenvalue weighted by Gasteiger charge is -2.38. The SMILES string of the molecule is CC(C)CC(=O)N1CCc2ccc(OCc3ccc(C(=O)N4CCCC4)o3)cc2[C@H]1c1ccc(F)cc1. The van der Waals surface area contributed by atoms with Gasteiger partial charge in [0.25, 0.3) is 5.91 Å². The van der Waals surface area contributed by atoms with E-state index >= 15 is 0 Å². The van der Waals surface area contributed by atoms with Crippen molar-refractivity contribution in [1.29, 1.82) is 0 Å². The first-order valence-electron chi connectivity index (χ1n) is 13.1. The van der Waals surface area contributed by atoms with Crippen LogP contribution in [0.15, 0.2) is 59.0 Å². The lowest BCUT2D eigenvalue weighted by molar-refractivity contribution is -0.134. The summed E-state index contributed by atoms with van der Waals surface area (Å²) in [4.78, 5) is 29.5. The Hall–Kier alpha value is -3.61. The molecule has 1 saturated heterocycles. The minimum atomic E-state index is -0.313. The third-order valence-electron chi connectivity index (χ3n) is 7.08. The lowest BCUT2D eigenvalue weighted by Crippen LogP contribution is -2.41. The van der Waals surface area contributed by atoms with Crippen molar-refractivity contribution in [2.45, 2.75) is 52.2 Å². The molecular formula is C30H33FN2O4. The zero-order valence-corrected chi connectivity index (χ0v) is 21.4. The summed E-state index contributed by atoms with van der Waals surface area (Å²) in [6, 6.07) is 15.5. The second-order valence-electron chi connectivity index (χ2n) is 10.3. The van der Waals surface area contributed by atoms with Crippen LogP contribution in [0.4, 0.5) is 4.39 Å². The molecule has 1 atom stereocenters. The van der Waals surface area contributed by atoms with E-state index in [1.54, 1.807) is 24.3 Å². The van der Waals surface area contributed by atoms with Crippen molar-refractivity contribution >= 4 is 11.8 Å². The van der Waals surface area contributed by atoms with Crippen molar-refractivity contribution in [3.05, 3.63) is 88.6 Å². The average Bonchev–Trinajstić information content (AvgIpc) is 3.59. The van der Waals surface area contributed by atoms with Gasteiger partial charge in [0.1, 0.15) is 23.9 Å². The summed E-state index contributed by atoms with van der Waals surface area (Å²) in [5.41, 5.74) is 3.00. The molecule has 0 unspecified atom stereocenters.